The van der Waals surface area contributed by atoms with E-state index in [1.54, 1.807) is 12.1 Å². The van der Waals surface area contributed by atoms with Crippen molar-refractivity contribution in [2.24, 2.45) is 0 Å². The standard InChI is InChI=1S/C12H9BrF2N2O2/c1-6-2-3-7(4-8(6)13)12-16-10(19-17-12)5-9(18)11(14)15/h2-4,11H,5H2,1H3. The Morgan fingerprint density at radius 2 is 2.21 bits per heavy atom. The van der Waals surface area contributed by atoms with E-state index in [-0.39, 0.29) is 11.7 Å². The first-order chi connectivity index (χ1) is 8.97. The molecule has 0 amide bonds. The SMILES string of the molecule is Cc1ccc(-c2noc(CC(=O)C(F)F)n2)cc1Br. The van der Waals surface area contributed by atoms with Gasteiger partial charge in [-0.05, 0) is 18.6 Å². The van der Waals surface area contributed by atoms with Crippen molar-refractivity contribution in [3.63, 3.8) is 0 Å². The minimum atomic E-state index is -3.02. The summed E-state index contributed by atoms with van der Waals surface area (Å²) in [5, 5.41) is 3.67. The van der Waals surface area contributed by atoms with Crippen LogP contribution in [0.2, 0.25) is 0 Å². The van der Waals surface area contributed by atoms with Crippen LogP contribution >= 0.6 is 15.9 Å². The van der Waals surface area contributed by atoms with Gasteiger partial charge in [-0.2, -0.15) is 4.98 Å². The minimum absolute atomic E-state index is 0.114. The summed E-state index contributed by atoms with van der Waals surface area (Å²) in [5.41, 5.74) is 1.72. The average molecular weight is 331 g/mol. The number of aryl methyl sites for hydroxylation is 1. The molecule has 0 aliphatic heterocycles. The summed E-state index contributed by atoms with van der Waals surface area (Å²) >= 11 is 3.37. The summed E-state index contributed by atoms with van der Waals surface area (Å²) in [5.74, 6) is -1.09. The Balaban J connectivity index is 2.21. The third kappa shape index (κ3) is 3.23. The Kier molecular flexibility index (Phi) is 4.04. The van der Waals surface area contributed by atoms with Gasteiger partial charge in [-0.1, -0.05) is 33.2 Å². The van der Waals surface area contributed by atoms with Crippen LogP contribution in [0.15, 0.2) is 27.2 Å². The zero-order chi connectivity index (χ0) is 14.0. The summed E-state index contributed by atoms with van der Waals surface area (Å²) in [4.78, 5) is 14.8. The summed E-state index contributed by atoms with van der Waals surface area (Å²) in [7, 11) is 0. The molecule has 100 valence electrons. The second kappa shape index (κ2) is 5.56. The Labute approximate surface area is 115 Å². The van der Waals surface area contributed by atoms with E-state index >= 15 is 0 Å². The number of hydrogen-bond donors (Lipinski definition) is 0. The highest BCUT2D eigenvalue weighted by atomic mass is 79.9. The molecular weight excluding hydrogens is 322 g/mol. The molecule has 0 bridgehead atoms. The minimum Gasteiger partial charge on any atom is -0.338 e. The zero-order valence-electron chi connectivity index (χ0n) is 9.86. The summed E-state index contributed by atoms with van der Waals surface area (Å²) < 4.78 is 29.8. The number of carbonyl (C=O) groups is 1. The Bertz CT molecular complexity index is 614. The fraction of sp³-hybridized carbons (Fsp3) is 0.250. The highest BCUT2D eigenvalue weighted by Crippen LogP contribution is 2.23. The largest absolute Gasteiger partial charge is 0.338 e. The Morgan fingerprint density at radius 3 is 2.84 bits per heavy atom. The number of hydrogen-bond acceptors (Lipinski definition) is 4. The maximum atomic E-state index is 12.1. The van der Waals surface area contributed by atoms with Crippen LogP contribution in [0.5, 0.6) is 0 Å². The third-order valence-corrected chi connectivity index (χ3v) is 3.32. The molecule has 4 nitrogen and oxygen atoms in total. The molecular formula is C12H9BrF2N2O2. The van der Waals surface area contributed by atoms with Crippen LogP contribution in [0.3, 0.4) is 0 Å². The molecule has 0 saturated carbocycles. The highest BCUT2D eigenvalue weighted by Gasteiger charge is 2.19. The molecule has 0 N–H and O–H groups in total. The molecule has 7 heteroatoms. The van der Waals surface area contributed by atoms with Crippen molar-refractivity contribution in [3.8, 4) is 11.4 Å². The molecule has 0 fully saturated rings. The molecule has 0 radical (unpaired) electrons. The van der Waals surface area contributed by atoms with Crippen LogP contribution in [0, 0.1) is 6.92 Å². The first-order valence-electron chi connectivity index (χ1n) is 5.37. The molecule has 0 aliphatic carbocycles. The first kappa shape index (κ1) is 13.8. The van der Waals surface area contributed by atoms with Gasteiger partial charge in [0.1, 0.15) is 0 Å². The Morgan fingerprint density at radius 1 is 1.47 bits per heavy atom. The number of Topliss-reactive ketones (excluding diaryl/α,β-unsaturated/α-hetero) is 1. The van der Waals surface area contributed by atoms with Crippen molar-refractivity contribution in [2.45, 2.75) is 19.8 Å². The van der Waals surface area contributed by atoms with E-state index in [1.165, 1.54) is 0 Å². The van der Waals surface area contributed by atoms with Gasteiger partial charge in [-0.25, -0.2) is 8.78 Å². The lowest BCUT2D eigenvalue weighted by Gasteiger charge is -1.99. The normalized spacial score (nSPS) is 11.0. The van der Waals surface area contributed by atoms with Gasteiger partial charge < -0.3 is 4.52 Å². The number of carbonyl (C=O) groups excluding carboxylic acids is 1. The maximum Gasteiger partial charge on any atom is 0.296 e. The van der Waals surface area contributed by atoms with Gasteiger partial charge in [-0.15, -0.1) is 0 Å². The number of aromatic nitrogens is 2. The topological polar surface area (TPSA) is 56.0 Å². The van der Waals surface area contributed by atoms with E-state index in [9.17, 15) is 13.6 Å². The average Bonchev–Trinajstić information content (AvgIpc) is 2.81. The fourth-order valence-corrected chi connectivity index (χ4v) is 1.78. The van der Waals surface area contributed by atoms with Crippen LogP contribution in [-0.4, -0.2) is 22.3 Å². The van der Waals surface area contributed by atoms with E-state index < -0.39 is 18.6 Å². The number of halogens is 3. The molecule has 0 aliphatic rings. The maximum absolute atomic E-state index is 12.1. The summed E-state index contributed by atoms with van der Waals surface area (Å²) in [6.45, 7) is 1.93. The molecule has 0 saturated heterocycles. The predicted molar refractivity (Wildman–Crippen MR) is 66.9 cm³/mol. The zero-order valence-corrected chi connectivity index (χ0v) is 11.4. The predicted octanol–water partition coefficient (Wildman–Crippen LogP) is 3.18. The van der Waals surface area contributed by atoms with Crippen molar-refractivity contribution in [3.05, 3.63) is 34.1 Å². The smallest absolute Gasteiger partial charge is 0.296 e. The van der Waals surface area contributed by atoms with Crippen LogP contribution in [0.4, 0.5) is 8.78 Å². The van der Waals surface area contributed by atoms with Crippen LogP contribution in [-0.2, 0) is 11.2 Å². The lowest BCUT2D eigenvalue weighted by Crippen LogP contribution is -2.12. The van der Waals surface area contributed by atoms with Crippen molar-refractivity contribution >= 4 is 21.7 Å². The second-order valence-electron chi connectivity index (χ2n) is 3.92. The summed E-state index contributed by atoms with van der Waals surface area (Å²) in [6, 6.07) is 5.43. The molecule has 2 rings (SSSR count). The van der Waals surface area contributed by atoms with Crippen molar-refractivity contribution < 1.29 is 18.1 Å². The van der Waals surface area contributed by atoms with Crippen LogP contribution in [0.25, 0.3) is 11.4 Å². The van der Waals surface area contributed by atoms with E-state index in [2.05, 4.69) is 26.1 Å². The lowest BCUT2D eigenvalue weighted by atomic mass is 10.1. The van der Waals surface area contributed by atoms with Crippen LogP contribution < -0.4 is 0 Å². The quantitative estimate of drug-likeness (QED) is 0.863. The number of ketones is 1. The van der Waals surface area contributed by atoms with E-state index in [4.69, 9.17) is 4.52 Å². The van der Waals surface area contributed by atoms with Crippen molar-refractivity contribution in [1.82, 2.24) is 10.1 Å². The molecule has 1 aromatic heterocycles. The molecule has 2 aromatic rings. The van der Waals surface area contributed by atoms with Gasteiger partial charge in [0.2, 0.25) is 17.5 Å². The number of benzene rings is 1. The van der Waals surface area contributed by atoms with E-state index in [0.717, 1.165) is 10.0 Å². The van der Waals surface area contributed by atoms with Gasteiger partial charge in [-0.3, -0.25) is 4.79 Å². The Hall–Kier alpha value is -1.63. The summed E-state index contributed by atoms with van der Waals surface area (Å²) in [6.07, 6.45) is -3.58. The van der Waals surface area contributed by atoms with E-state index in [0.29, 0.717) is 5.56 Å². The van der Waals surface area contributed by atoms with Crippen molar-refractivity contribution in [2.75, 3.05) is 0 Å². The van der Waals surface area contributed by atoms with Crippen LogP contribution in [0.1, 0.15) is 11.5 Å². The first-order valence-corrected chi connectivity index (χ1v) is 6.16. The number of rotatable bonds is 4. The fourth-order valence-electron chi connectivity index (χ4n) is 1.40. The number of alkyl halides is 2. The monoisotopic (exact) mass is 330 g/mol. The third-order valence-electron chi connectivity index (χ3n) is 2.47. The van der Waals surface area contributed by atoms with Gasteiger partial charge in [0.25, 0.3) is 6.43 Å². The van der Waals surface area contributed by atoms with Gasteiger partial charge in [0.05, 0.1) is 6.42 Å². The molecule has 19 heavy (non-hydrogen) atoms. The molecule has 1 aromatic carbocycles. The van der Waals surface area contributed by atoms with Crippen molar-refractivity contribution in [1.29, 1.82) is 0 Å². The molecule has 1 heterocycles. The van der Waals surface area contributed by atoms with E-state index in [1.807, 2.05) is 13.0 Å². The second-order valence-corrected chi connectivity index (χ2v) is 4.77. The van der Waals surface area contributed by atoms with Gasteiger partial charge >= 0.3 is 0 Å². The molecule has 0 spiro atoms. The number of nitrogens with zero attached hydrogens (tertiary/aromatic N) is 2. The lowest BCUT2D eigenvalue weighted by molar-refractivity contribution is -0.129. The highest BCUT2D eigenvalue weighted by molar-refractivity contribution is 9.10. The molecule has 0 unspecified atom stereocenters. The van der Waals surface area contributed by atoms with Gasteiger partial charge in [0.15, 0.2) is 0 Å². The molecule has 0 atom stereocenters. The van der Waals surface area contributed by atoms with Gasteiger partial charge in [0, 0.05) is 10.0 Å².